The minimum Gasteiger partial charge on any atom is -0.379 e. The molecule has 1 aromatic heterocycles. The van der Waals surface area contributed by atoms with E-state index < -0.39 is 0 Å². The van der Waals surface area contributed by atoms with Crippen molar-refractivity contribution in [3.63, 3.8) is 0 Å². The lowest BCUT2D eigenvalue weighted by Crippen LogP contribution is -2.35. The molecule has 1 amide bonds. The van der Waals surface area contributed by atoms with E-state index in [1.807, 2.05) is 12.1 Å². The summed E-state index contributed by atoms with van der Waals surface area (Å²) in [6.07, 6.45) is 0.667. The molecule has 0 radical (unpaired) electrons. The van der Waals surface area contributed by atoms with Crippen LogP contribution in [0, 0.1) is 0 Å². The smallest absolute Gasteiger partial charge is 0.258 e. The van der Waals surface area contributed by atoms with Gasteiger partial charge < -0.3 is 15.0 Å². The summed E-state index contributed by atoms with van der Waals surface area (Å²) >= 11 is 0. The Morgan fingerprint density at radius 2 is 1.80 bits per heavy atom. The van der Waals surface area contributed by atoms with E-state index in [1.165, 1.54) is 5.56 Å². The fourth-order valence-corrected chi connectivity index (χ4v) is 3.55. The van der Waals surface area contributed by atoms with E-state index in [-0.39, 0.29) is 17.9 Å². The lowest BCUT2D eigenvalue weighted by Gasteiger charge is -2.26. The maximum absolute atomic E-state index is 12.2. The van der Waals surface area contributed by atoms with Crippen molar-refractivity contribution in [2.24, 2.45) is 0 Å². The molecule has 0 spiro atoms. The van der Waals surface area contributed by atoms with E-state index in [0.29, 0.717) is 29.7 Å². The highest BCUT2D eigenvalue weighted by Gasteiger charge is 2.11. The summed E-state index contributed by atoms with van der Waals surface area (Å²) in [5, 5.41) is 3.49. The second kappa shape index (κ2) is 9.65. The van der Waals surface area contributed by atoms with Crippen LogP contribution in [0.4, 0.5) is 0 Å². The van der Waals surface area contributed by atoms with Crippen LogP contribution in [0.15, 0.2) is 53.3 Å². The van der Waals surface area contributed by atoms with Crippen LogP contribution in [-0.2, 0) is 29.0 Å². The average molecular weight is 406 g/mol. The van der Waals surface area contributed by atoms with Crippen molar-refractivity contribution in [2.75, 3.05) is 26.3 Å². The molecule has 1 aliphatic rings. The Hall–Kier alpha value is -3.03. The van der Waals surface area contributed by atoms with Gasteiger partial charge in [-0.2, -0.15) is 0 Å². The normalized spacial score (nSPS) is 14.7. The molecule has 2 aromatic carbocycles. The summed E-state index contributed by atoms with van der Waals surface area (Å²) < 4.78 is 5.38. The number of aromatic amines is 1. The van der Waals surface area contributed by atoms with Gasteiger partial charge in [0.25, 0.3) is 5.56 Å². The summed E-state index contributed by atoms with van der Waals surface area (Å²) in [6, 6.07) is 15.5. The summed E-state index contributed by atoms with van der Waals surface area (Å²) in [7, 11) is 0. The zero-order chi connectivity index (χ0) is 20.8. The third-order valence-corrected chi connectivity index (χ3v) is 5.27. The van der Waals surface area contributed by atoms with Gasteiger partial charge in [-0.3, -0.25) is 14.5 Å². The zero-order valence-electron chi connectivity index (χ0n) is 16.9. The molecule has 1 aliphatic heterocycles. The number of nitrogens with one attached hydrogen (secondary N) is 2. The number of benzene rings is 2. The molecule has 1 fully saturated rings. The molecule has 0 atom stereocenters. The van der Waals surface area contributed by atoms with E-state index >= 15 is 0 Å². The minimum atomic E-state index is -0.173. The molecular formula is C23H26N4O3. The number of aromatic nitrogens is 2. The van der Waals surface area contributed by atoms with Gasteiger partial charge in [0.15, 0.2) is 0 Å². The zero-order valence-corrected chi connectivity index (χ0v) is 16.9. The second-order valence-electron chi connectivity index (χ2n) is 7.51. The van der Waals surface area contributed by atoms with Crippen LogP contribution in [0.1, 0.15) is 23.4 Å². The van der Waals surface area contributed by atoms with Gasteiger partial charge in [-0.1, -0.05) is 36.4 Å². The maximum atomic E-state index is 12.2. The number of carbonyl (C=O) groups is 1. The van der Waals surface area contributed by atoms with Crippen LogP contribution in [0.5, 0.6) is 0 Å². The number of carbonyl (C=O) groups excluding carboxylic acids is 1. The van der Waals surface area contributed by atoms with Gasteiger partial charge in [0.05, 0.1) is 24.1 Å². The largest absolute Gasteiger partial charge is 0.379 e. The fraction of sp³-hybridized carbons (Fsp3) is 0.348. The van der Waals surface area contributed by atoms with Gasteiger partial charge in [-0.15, -0.1) is 0 Å². The van der Waals surface area contributed by atoms with E-state index in [9.17, 15) is 9.59 Å². The maximum Gasteiger partial charge on any atom is 0.258 e. The van der Waals surface area contributed by atoms with Crippen molar-refractivity contribution in [2.45, 2.75) is 25.9 Å². The third kappa shape index (κ3) is 5.31. The molecule has 1 saturated heterocycles. The Labute approximate surface area is 175 Å². The van der Waals surface area contributed by atoms with E-state index in [1.54, 1.807) is 12.1 Å². The van der Waals surface area contributed by atoms with Gasteiger partial charge in [-0.05, 0) is 23.3 Å². The average Bonchev–Trinajstić information content (AvgIpc) is 2.78. The van der Waals surface area contributed by atoms with Gasteiger partial charge in [0.1, 0.15) is 5.82 Å². The first kappa shape index (κ1) is 20.3. The first-order valence-electron chi connectivity index (χ1n) is 10.3. The van der Waals surface area contributed by atoms with Crippen LogP contribution in [0.3, 0.4) is 0 Å². The minimum absolute atomic E-state index is 0.0665. The fourth-order valence-electron chi connectivity index (χ4n) is 3.55. The number of ether oxygens (including phenoxy) is 1. The number of rotatable bonds is 7. The van der Waals surface area contributed by atoms with Crippen molar-refractivity contribution in [3.05, 3.63) is 75.8 Å². The summed E-state index contributed by atoms with van der Waals surface area (Å²) in [4.78, 5) is 33.9. The van der Waals surface area contributed by atoms with Crippen molar-refractivity contribution in [1.29, 1.82) is 0 Å². The molecule has 0 bridgehead atoms. The highest BCUT2D eigenvalue weighted by atomic mass is 16.5. The predicted molar refractivity (Wildman–Crippen MR) is 115 cm³/mol. The van der Waals surface area contributed by atoms with Gasteiger partial charge in [0, 0.05) is 39.0 Å². The first-order chi connectivity index (χ1) is 14.7. The topological polar surface area (TPSA) is 87.3 Å². The quantitative estimate of drug-likeness (QED) is 0.627. The number of nitrogens with zero attached hydrogens (tertiary/aromatic N) is 2. The lowest BCUT2D eigenvalue weighted by molar-refractivity contribution is -0.121. The van der Waals surface area contributed by atoms with Crippen molar-refractivity contribution >= 4 is 16.8 Å². The van der Waals surface area contributed by atoms with E-state index in [2.05, 4.69) is 44.5 Å². The molecule has 4 rings (SSSR count). The van der Waals surface area contributed by atoms with E-state index in [0.717, 1.165) is 38.4 Å². The van der Waals surface area contributed by atoms with Crippen molar-refractivity contribution in [3.8, 4) is 0 Å². The number of H-pyrrole nitrogens is 1. The van der Waals surface area contributed by atoms with Gasteiger partial charge >= 0.3 is 0 Å². The van der Waals surface area contributed by atoms with Crippen LogP contribution >= 0.6 is 0 Å². The van der Waals surface area contributed by atoms with Crippen molar-refractivity contribution in [1.82, 2.24) is 20.2 Å². The van der Waals surface area contributed by atoms with Crippen molar-refractivity contribution < 1.29 is 9.53 Å². The number of aryl methyl sites for hydroxylation is 1. The molecule has 7 heteroatoms. The number of morpholine rings is 1. The number of amides is 1. The van der Waals surface area contributed by atoms with Gasteiger partial charge in [0.2, 0.25) is 5.91 Å². The molecule has 30 heavy (non-hydrogen) atoms. The highest BCUT2D eigenvalue weighted by Crippen LogP contribution is 2.10. The summed E-state index contributed by atoms with van der Waals surface area (Å²) in [5.74, 6) is 0.463. The Bertz CT molecular complexity index is 1060. The summed E-state index contributed by atoms with van der Waals surface area (Å²) in [5.41, 5.74) is 2.80. The molecule has 0 aliphatic carbocycles. The molecule has 2 N–H and O–H groups in total. The first-order valence-corrected chi connectivity index (χ1v) is 10.3. The molecule has 0 unspecified atom stereocenters. The lowest BCUT2D eigenvalue weighted by atomic mass is 10.1. The Balaban J connectivity index is 1.25. The van der Waals surface area contributed by atoms with Crippen LogP contribution in [0.2, 0.25) is 0 Å². The second-order valence-corrected chi connectivity index (χ2v) is 7.51. The third-order valence-electron chi connectivity index (χ3n) is 5.27. The van der Waals surface area contributed by atoms with Gasteiger partial charge in [-0.25, -0.2) is 4.98 Å². The standard InChI is InChI=1S/C23H26N4O3/c28-22(10-9-21-25-20-4-2-1-3-19(20)23(29)26-21)24-15-17-5-7-18(8-6-17)16-27-11-13-30-14-12-27/h1-8H,9-16H2,(H,24,28)(H,25,26,29). The summed E-state index contributed by atoms with van der Waals surface area (Å²) in [6.45, 7) is 4.94. The molecular weight excluding hydrogens is 380 g/mol. The molecule has 7 nitrogen and oxygen atoms in total. The molecule has 2 heterocycles. The van der Waals surface area contributed by atoms with E-state index in [4.69, 9.17) is 4.74 Å². The number of para-hydroxylation sites is 1. The molecule has 156 valence electrons. The predicted octanol–water partition coefficient (Wildman–Crippen LogP) is 2.00. The number of hydrogen-bond donors (Lipinski definition) is 2. The Morgan fingerprint density at radius 3 is 2.60 bits per heavy atom. The SMILES string of the molecule is O=C(CCc1nc2ccccc2c(=O)[nH]1)NCc1ccc(CN2CCOCC2)cc1. The Morgan fingerprint density at radius 1 is 1.07 bits per heavy atom. The Kier molecular flexibility index (Phi) is 6.51. The molecule has 0 saturated carbocycles. The monoisotopic (exact) mass is 406 g/mol. The van der Waals surface area contributed by atoms with Crippen LogP contribution < -0.4 is 10.9 Å². The molecule has 3 aromatic rings. The highest BCUT2D eigenvalue weighted by molar-refractivity contribution is 5.78. The number of fused-ring (bicyclic) bond motifs is 1. The van der Waals surface area contributed by atoms with Crippen LogP contribution in [0.25, 0.3) is 10.9 Å². The van der Waals surface area contributed by atoms with Crippen LogP contribution in [-0.4, -0.2) is 47.1 Å². The number of hydrogen-bond acceptors (Lipinski definition) is 5.